The monoisotopic (exact) mass is 342 g/mol. The van der Waals surface area contributed by atoms with Crippen molar-refractivity contribution in [2.24, 2.45) is 0 Å². The predicted octanol–water partition coefficient (Wildman–Crippen LogP) is 5.10. The third-order valence-corrected chi connectivity index (χ3v) is 3.15. The molecule has 0 heterocycles. The summed E-state index contributed by atoms with van der Waals surface area (Å²) in [5.41, 5.74) is 0.199. The maximum atomic E-state index is 11.9. The molecule has 0 aliphatic heterocycles. The highest BCUT2D eigenvalue weighted by atomic mass is 35.5. The zero-order valence-electron chi connectivity index (χ0n) is 9.97. The van der Waals surface area contributed by atoms with Gasteiger partial charge in [-0.05, 0) is 19.1 Å². The standard InChI is InChI=1S/C11H10Cl4N2O2/c1-5(12)10(18)17(2)11(19)16-9-7(14)3-6(13)4-8(9)15/h3-4,18H,1-2H3,(H,16,19)/b10-5-. The van der Waals surface area contributed by atoms with Crippen molar-refractivity contribution in [1.82, 2.24) is 4.90 Å². The molecule has 1 aromatic carbocycles. The molecule has 0 saturated carbocycles. The molecular weight excluding hydrogens is 334 g/mol. The number of halogens is 4. The quantitative estimate of drug-likeness (QED) is 0.734. The van der Waals surface area contributed by atoms with Crippen LogP contribution in [0.15, 0.2) is 23.0 Å². The van der Waals surface area contributed by atoms with Crippen LogP contribution in [0.1, 0.15) is 6.92 Å². The predicted molar refractivity (Wildman–Crippen MR) is 79.4 cm³/mol. The molecule has 19 heavy (non-hydrogen) atoms. The molecule has 0 radical (unpaired) electrons. The Kier molecular flexibility index (Phi) is 5.62. The molecule has 1 aromatic rings. The molecule has 2 N–H and O–H groups in total. The summed E-state index contributed by atoms with van der Waals surface area (Å²) in [7, 11) is 1.34. The summed E-state index contributed by atoms with van der Waals surface area (Å²) in [5.74, 6) is -0.375. The van der Waals surface area contributed by atoms with E-state index in [1.807, 2.05) is 0 Å². The number of carbonyl (C=O) groups excluding carboxylic acids is 1. The Hall–Kier alpha value is -0.810. The van der Waals surface area contributed by atoms with E-state index in [-0.39, 0.29) is 26.6 Å². The van der Waals surface area contributed by atoms with Crippen molar-refractivity contribution in [3.63, 3.8) is 0 Å². The van der Waals surface area contributed by atoms with Crippen molar-refractivity contribution in [2.75, 3.05) is 12.4 Å². The van der Waals surface area contributed by atoms with Crippen LogP contribution in [0.5, 0.6) is 0 Å². The third kappa shape index (κ3) is 4.08. The SMILES string of the molecule is C/C(Cl)=C(/O)N(C)C(=O)Nc1c(Cl)cc(Cl)cc1Cl. The normalized spacial score (nSPS) is 11.9. The number of aliphatic hydroxyl groups is 1. The number of anilines is 1. The van der Waals surface area contributed by atoms with E-state index < -0.39 is 6.03 Å². The molecule has 0 unspecified atom stereocenters. The summed E-state index contributed by atoms with van der Waals surface area (Å²) in [5, 5.41) is 12.8. The molecule has 0 atom stereocenters. The van der Waals surface area contributed by atoms with Crippen molar-refractivity contribution < 1.29 is 9.90 Å². The molecule has 104 valence electrons. The third-order valence-electron chi connectivity index (χ3n) is 2.17. The first-order chi connectivity index (χ1) is 8.73. The topological polar surface area (TPSA) is 52.6 Å². The van der Waals surface area contributed by atoms with E-state index in [2.05, 4.69) is 5.32 Å². The number of allylic oxidation sites excluding steroid dienone is 1. The number of carbonyl (C=O) groups is 1. The van der Waals surface area contributed by atoms with Gasteiger partial charge < -0.3 is 10.4 Å². The molecule has 0 aliphatic carbocycles. The Morgan fingerprint density at radius 3 is 2.16 bits per heavy atom. The van der Waals surface area contributed by atoms with Crippen LogP contribution in [0.4, 0.5) is 10.5 Å². The number of hydrogen-bond donors (Lipinski definition) is 2. The summed E-state index contributed by atoms with van der Waals surface area (Å²) >= 11 is 23.2. The van der Waals surface area contributed by atoms with Gasteiger partial charge in [0.25, 0.3) is 0 Å². The van der Waals surface area contributed by atoms with E-state index in [0.29, 0.717) is 5.02 Å². The molecular formula is C11H10Cl4N2O2. The molecule has 0 fully saturated rings. The highest BCUT2D eigenvalue weighted by Crippen LogP contribution is 2.33. The molecule has 8 heteroatoms. The minimum atomic E-state index is -0.649. The minimum Gasteiger partial charge on any atom is -0.494 e. The van der Waals surface area contributed by atoms with Gasteiger partial charge in [-0.2, -0.15) is 0 Å². The van der Waals surface area contributed by atoms with E-state index in [9.17, 15) is 9.90 Å². The van der Waals surface area contributed by atoms with Crippen LogP contribution in [0, 0.1) is 0 Å². The lowest BCUT2D eigenvalue weighted by Crippen LogP contribution is -2.31. The molecule has 2 amide bonds. The van der Waals surface area contributed by atoms with Crippen molar-refractivity contribution in [3.05, 3.63) is 38.1 Å². The van der Waals surface area contributed by atoms with E-state index >= 15 is 0 Å². The lowest BCUT2D eigenvalue weighted by molar-refractivity contribution is 0.204. The van der Waals surface area contributed by atoms with Crippen molar-refractivity contribution in [3.8, 4) is 0 Å². The van der Waals surface area contributed by atoms with Gasteiger partial charge in [-0.15, -0.1) is 0 Å². The first-order valence-electron chi connectivity index (χ1n) is 4.98. The largest absolute Gasteiger partial charge is 0.494 e. The number of aliphatic hydroxyl groups excluding tert-OH is 1. The first kappa shape index (κ1) is 16.2. The molecule has 0 aromatic heterocycles. The van der Waals surface area contributed by atoms with Crippen LogP contribution in [-0.4, -0.2) is 23.1 Å². The van der Waals surface area contributed by atoms with E-state index in [1.54, 1.807) is 0 Å². The van der Waals surface area contributed by atoms with Gasteiger partial charge in [-0.25, -0.2) is 4.79 Å². The molecule has 0 saturated heterocycles. The molecule has 4 nitrogen and oxygen atoms in total. The smallest absolute Gasteiger partial charge is 0.328 e. The van der Waals surface area contributed by atoms with Gasteiger partial charge in [-0.3, -0.25) is 4.90 Å². The van der Waals surface area contributed by atoms with Gasteiger partial charge in [0, 0.05) is 12.1 Å². The number of urea groups is 1. The molecule has 0 aliphatic rings. The average molecular weight is 344 g/mol. The fourth-order valence-corrected chi connectivity index (χ4v) is 2.22. The maximum absolute atomic E-state index is 11.9. The fourth-order valence-electron chi connectivity index (χ4n) is 1.18. The Balaban J connectivity index is 2.99. The van der Waals surface area contributed by atoms with Crippen molar-refractivity contribution in [2.45, 2.75) is 6.92 Å². The second kappa shape index (κ2) is 6.57. The molecule has 0 bridgehead atoms. The fraction of sp³-hybridized carbons (Fsp3) is 0.182. The molecule has 1 rings (SSSR count). The summed E-state index contributed by atoms with van der Waals surface area (Å²) in [6.45, 7) is 1.45. The van der Waals surface area contributed by atoms with Crippen molar-refractivity contribution >= 4 is 58.1 Å². The molecule has 0 spiro atoms. The highest BCUT2D eigenvalue weighted by molar-refractivity contribution is 6.42. The number of rotatable bonds is 2. The zero-order valence-corrected chi connectivity index (χ0v) is 13.0. The Morgan fingerprint density at radius 1 is 1.26 bits per heavy atom. The van der Waals surface area contributed by atoms with E-state index in [0.717, 1.165) is 4.90 Å². The minimum absolute atomic E-state index is 0.0750. The Bertz CT molecular complexity index is 518. The summed E-state index contributed by atoms with van der Waals surface area (Å²) in [4.78, 5) is 12.8. The van der Waals surface area contributed by atoms with Crippen LogP contribution in [0.2, 0.25) is 15.1 Å². The number of amides is 2. The number of nitrogens with one attached hydrogen (secondary N) is 1. The number of benzene rings is 1. The van der Waals surface area contributed by atoms with Gasteiger partial charge in [0.2, 0.25) is 5.88 Å². The zero-order chi connectivity index (χ0) is 14.7. The Labute approximate surface area is 130 Å². The van der Waals surface area contributed by atoms with Crippen molar-refractivity contribution in [1.29, 1.82) is 0 Å². The van der Waals surface area contributed by atoms with Gasteiger partial charge in [0.15, 0.2) is 0 Å². The maximum Gasteiger partial charge on any atom is 0.328 e. The summed E-state index contributed by atoms with van der Waals surface area (Å²) in [6.07, 6.45) is 0. The van der Waals surface area contributed by atoms with Crippen LogP contribution in [0.3, 0.4) is 0 Å². The van der Waals surface area contributed by atoms with Gasteiger partial charge >= 0.3 is 6.03 Å². The first-order valence-corrected chi connectivity index (χ1v) is 6.49. The summed E-state index contributed by atoms with van der Waals surface area (Å²) in [6, 6.07) is 2.23. The highest BCUT2D eigenvalue weighted by Gasteiger charge is 2.17. The lowest BCUT2D eigenvalue weighted by atomic mass is 10.3. The number of hydrogen-bond acceptors (Lipinski definition) is 2. The van der Waals surface area contributed by atoms with Crippen LogP contribution < -0.4 is 5.32 Å². The van der Waals surface area contributed by atoms with Crippen LogP contribution in [0.25, 0.3) is 0 Å². The van der Waals surface area contributed by atoms with E-state index in [4.69, 9.17) is 46.4 Å². The van der Waals surface area contributed by atoms with Gasteiger partial charge in [0.1, 0.15) is 0 Å². The lowest BCUT2D eigenvalue weighted by Gasteiger charge is -2.18. The second-order valence-corrected chi connectivity index (χ2v) is 5.41. The Morgan fingerprint density at radius 2 is 1.74 bits per heavy atom. The van der Waals surface area contributed by atoms with Gasteiger partial charge in [-0.1, -0.05) is 46.4 Å². The average Bonchev–Trinajstić information content (AvgIpc) is 2.31. The summed E-state index contributed by atoms with van der Waals surface area (Å²) < 4.78 is 0. The van der Waals surface area contributed by atoms with Gasteiger partial charge in [0.05, 0.1) is 20.8 Å². The van der Waals surface area contributed by atoms with E-state index in [1.165, 1.54) is 26.1 Å². The number of nitrogens with zero attached hydrogens (tertiary/aromatic N) is 1. The van der Waals surface area contributed by atoms with Crippen LogP contribution in [-0.2, 0) is 0 Å². The second-order valence-electron chi connectivity index (χ2n) is 3.59. The van der Waals surface area contributed by atoms with Crippen LogP contribution >= 0.6 is 46.4 Å².